The average Bonchev–Trinajstić information content (AvgIpc) is 3.06. The fourth-order valence-corrected chi connectivity index (χ4v) is 2.75. The zero-order valence-electron chi connectivity index (χ0n) is 11.9. The van der Waals surface area contributed by atoms with Crippen LogP contribution in [0.5, 0.6) is 0 Å². The quantitative estimate of drug-likeness (QED) is 0.838. The fourth-order valence-electron chi connectivity index (χ4n) is 2.75. The number of hydrogen-bond donors (Lipinski definition) is 0. The molecule has 0 N–H and O–H groups in total. The minimum Gasteiger partial charge on any atom is -0.468 e. The summed E-state index contributed by atoms with van der Waals surface area (Å²) in [5.74, 6) is 1.47. The Bertz CT molecular complexity index is 521. The molecule has 2 aromatic rings. The molecule has 0 radical (unpaired) electrons. The third-order valence-corrected chi connectivity index (χ3v) is 3.65. The van der Waals surface area contributed by atoms with Gasteiger partial charge in [-0.1, -0.05) is 0 Å². The summed E-state index contributed by atoms with van der Waals surface area (Å²) >= 11 is 0. The number of fused-ring (bicyclic) bond motifs is 1. The lowest BCUT2D eigenvalue weighted by molar-refractivity contribution is 0.0826. The van der Waals surface area contributed by atoms with E-state index < -0.39 is 0 Å². The SMILES string of the molecule is CCOCC1CN(Cc2ccco2)Cc2ccnn2C1. The lowest BCUT2D eigenvalue weighted by atomic mass is 10.1. The van der Waals surface area contributed by atoms with Crippen molar-refractivity contribution < 1.29 is 9.15 Å². The second kappa shape index (κ2) is 6.24. The summed E-state index contributed by atoms with van der Waals surface area (Å²) in [4.78, 5) is 2.41. The van der Waals surface area contributed by atoms with Gasteiger partial charge in [-0.15, -0.1) is 0 Å². The molecule has 0 saturated heterocycles. The highest BCUT2D eigenvalue weighted by Gasteiger charge is 2.22. The fraction of sp³-hybridized carbons (Fsp3) is 0.533. The molecule has 3 heterocycles. The van der Waals surface area contributed by atoms with E-state index in [0.29, 0.717) is 5.92 Å². The smallest absolute Gasteiger partial charge is 0.117 e. The number of ether oxygens (including phenoxy) is 1. The first-order valence-electron chi connectivity index (χ1n) is 7.18. The zero-order chi connectivity index (χ0) is 13.8. The topological polar surface area (TPSA) is 43.4 Å². The van der Waals surface area contributed by atoms with Crippen molar-refractivity contribution in [2.75, 3.05) is 19.8 Å². The molecule has 5 nitrogen and oxygen atoms in total. The summed E-state index contributed by atoms with van der Waals surface area (Å²) in [5.41, 5.74) is 1.26. The van der Waals surface area contributed by atoms with Crippen molar-refractivity contribution in [1.29, 1.82) is 0 Å². The lowest BCUT2D eigenvalue weighted by Crippen LogP contribution is -2.30. The number of aromatic nitrogens is 2. The number of furan rings is 1. The molecule has 3 rings (SSSR count). The Labute approximate surface area is 119 Å². The molecule has 1 aliphatic rings. The summed E-state index contributed by atoms with van der Waals surface area (Å²) in [5, 5.41) is 4.42. The van der Waals surface area contributed by atoms with Crippen LogP contribution in [0.2, 0.25) is 0 Å². The molecule has 2 aromatic heterocycles. The molecular weight excluding hydrogens is 254 g/mol. The third kappa shape index (κ3) is 3.11. The van der Waals surface area contributed by atoms with Gasteiger partial charge in [-0.05, 0) is 25.1 Å². The van der Waals surface area contributed by atoms with E-state index in [1.807, 2.05) is 25.3 Å². The maximum atomic E-state index is 5.61. The van der Waals surface area contributed by atoms with Gasteiger partial charge in [0.05, 0.1) is 25.1 Å². The molecule has 1 aliphatic heterocycles. The second-order valence-electron chi connectivity index (χ2n) is 5.28. The molecule has 0 spiro atoms. The Morgan fingerprint density at radius 1 is 1.40 bits per heavy atom. The molecule has 0 fully saturated rings. The highest BCUT2D eigenvalue weighted by molar-refractivity contribution is 5.04. The van der Waals surface area contributed by atoms with E-state index in [0.717, 1.165) is 45.2 Å². The van der Waals surface area contributed by atoms with E-state index in [2.05, 4.69) is 20.7 Å². The predicted molar refractivity (Wildman–Crippen MR) is 75.0 cm³/mol. The normalized spacial score (nSPS) is 19.8. The highest BCUT2D eigenvalue weighted by Crippen LogP contribution is 2.18. The molecular formula is C15H21N3O2. The van der Waals surface area contributed by atoms with Crippen LogP contribution >= 0.6 is 0 Å². The Morgan fingerprint density at radius 2 is 2.35 bits per heavy atom. The van der Waals surface area contributed by atoms with Crippen LogP contribution in [-0.2, 0) is 24.4 Å². The van der Waals surface area contributed by atoms with Gasteiger partial charge < -0.3 is 9.15 Å². The van der Waals surface area contributed by atoms with Crippen molar-refractivity contribution in [3.8, 4) is 0 Å². The molecule has 0 aliphatic carbocycles. The first kappa shape index (κ1) is 13.4. The summed E-state index contributed by atoms with van der Waals surface area (Å²) in [6.07, 6.45) is 3.61. The van der Waals surface area contributed by atoms with Gasteiger partial charge in [0.2, 0.25) is 0 Å². The van der Waals surface area contributed by atoms with Crippen LogP contribution in [0.1, 0.15) is 18.4 Å². The summed E-state index contributed by atoms with van der Waals surface area (Å²) < 4.78 is 13.2. The van der Waals surface area contributed by atoms with E-state index in [1.165, 1.54) is 5.69 Å². The number of nitrogens with zero attached hydrogens (tertiary/aromatic N) is 3. The lowest BCUT2D eigenvalue weighted by Gasteiger charge is -2.22. The van der Waals surface area contributed by atoms with Crippen LogP contribution in [-0.4, -0.2) is 34.4 Å². The maximum absolute atomic E-state index is 5.61. The zero-order valence-corrected chi connectivity index (χ0v) is 11.9. The average molecular weight is 275 g/mol. The molecule has 1 unspecified atom stereocenters. The monoisotopic (exact) mass is 275 g/mol. The van der Waals surface area contributed by atoms with Gasteiger partial charge in [-0.25, -0.2) is 0 Å². The minimum atomic E-state index is 0.464. The van der Waals surface area contributed by atoms with Crippen LogP contribution in [0.3, 0.4) is 0 Å². The molecule has 0 aromatic carbocycles. The molecule has 108 valence electrons. The largest absolute Gasteiger partial charge is 0.468 e. The van der Waals surface area contributed by atoms with Crippen LogP contribution < -0.4 is 0 Å². The van der Waals surface area contributed by atoms with Crippen molar-refractivity contribution in [2.24, 2.45) is 5.92 Å². The first-order chi connectivity index (χ1) is 9.85. The molecule has 1 atom stereocenters. The number of rotatable bonds is 5. The van der Waals surface area contributed by atoms with Crippen LogP contribution in [0.4, 0.5) is 0 Å². The summed E-state index contributed by atoms with van der Waals surface area (Å²) in [6.45, 7) is 7.26. The van der Waals surface area contributed by atoms with Gasteiger partial charge >= 0.3 is 0 Å². The molecule has 20 heavy (non-hydrogen) atoms. The van der Waals surface area contributed by atoms with Crippen molar-refractivity contribution in [3.63, 3.8) is 0 Å². The Hall–Kier alpha value is -1.59. The van der Waals surface area contributed by atoms with Gasteiger partial charge in [0.1, 0.15) is 5.76 Å². The van der Waals surface area contributed by atoms with E-state index in [-0.39, 0.29) is 0 Å². The Balaban J connectivity index is 1.73. The van der Waals surface area contributed by atoms with E-state index in [1.54, 1.807) is 6.26 Å². The second-order valence-corrected chi connectivity index (χ2v) is 5.28. The summed E-state index contributed by atoms with van der Waals surface area (Å²) in [7, 11) is 0. The minimum absolute atomic E-state index is 0.464. The highest BCUT2D eigenvalue weighted by atomic mass is 16.5. The first-order valence-corrected chi connectivity index (χ1v) is 7.18. The molecule has 0 bridgehead atoms. The van der Waals surface area contributed by atoms with Crippen LogP contribution in [0.15, 0.2) is 35.1 Å². The predicted octanol–water partition coefficient (Wildman–Crippen LogP) is 2.14. The van der Waals surface area contributed by atoms with Crippen molar-refractivity contribution in [1.82, 2.24) is 14.7 Å². The maximum Gasteiger partial charge on any atom is 0.117 e. The Kier molecular flexibility index (Phi) is 4.18. The van der Waals surface area contributed by atoms with Gasteiger partial charge in [0, 0.05) is 38.4 Å². The summed E-state index contributed by atoms with van der Waals surface area (Å²) in [6, 6.07) is 6.06. The van der Waals surface area contributed by atoms with Crippen LogP contribution in [0.25, 0.3) is 0 Å². The number of hydrogen-bond acceptors (Lipinski definition) is 4. The molecule has 0 saturated carbocycles. The van der Waals surface area contributed by atoms with E-state index >= 15 is 0 Å². The van der Waals surface area contributed by atoms with Gasteiger partial charge in [0.25, 0.3) is 0 Å². The molecule has 5 heteroatoms. The third-order valence-electron chi connectivity index (χ3n) is 3.65. The van der Waals surface area contributed by atoms with Gasteiger partial charge in [-0.3, -0.25) is 9.58 Å². The van der Waals surface area contributed by atoms with E-state index in [4.69, 9.17) is 9.15 Å². The van der Waals surface area contributed by atoms with E-state index in [9.17, 15) is 0 Å². The standard InChI is InChI=1S/C15H21N3O2/c1-2-19-12-13-8-17(11-15-4-3-7-20-15)10-14-5-6-16-18(14)9-13/h3-7,13H,2,8-12H2,1H3. The van der Waals surface area contributed by atoms with Gasteiger partial charge in [-0.2, -0.15) is 5.10 Å². The van der Waals surface area contributed by atoms with Crippen molar-refractivity contribution in [2.45, 2.75) is 26.6 Å². The van der Waals surface area contributed by atoms with Gasteiger partial charge in [0.15, 0.2) is 0 Å². The van der Waals surface area contributed by atoms with Crippen molar-refractivity contribution in [3.05, 3.63) is 42.1 Å². The van der Waals surface area contributed by atoms with Crippen molar-refractivity contribution >= 4 is 0 Å². The molecule has 0 amide bonds. The Morgan fingerprint density at radius 3 is 3.15 bits per heavy atom. The van der Waals surface area contributed by atoms with Crippen LogP contribution in [0, 0.1) is 5.92 Å².